The van der Waals surface area contributed by atoms with E-state index in [2.05, 4.69) is 20.6 Å². The van der Waals surface area contributed by atoms with E-state index >= 15 is 0 Å². The molecule has 0 spiro atoms. The Labute approximate surface area is 155 Å². The number of aromatic nitrogens is 4. The molecule has 0 aliphatic heterocycles. The summed E-state index contributed by atoms with van der Waals surface area (Å²) in [6, 6.07) is 3.43. The van der Waals surface area contributed by atoms with Gasteiger partial charge in [-0.15, -0.1) is 0 Å². The minimum atomic E-state index is -0.641. The first-order valence-corrected chi connectivity index (χ1v) is 8.62. The quantitative estimate of drug-likeness (QED) is 0.663. The van der Waals surface area contributed by atoms with E-state index in [9.17, 15) is 9.59 Å². The third kappa shape index (κ3) is 4.13. The molecule has 142 valence electrons. The van der Waals surface area contributed by atoms with Gasteiger partial charge in [-0.05, 0) is 25.8 Å². The molecule has 0 saturated heterocycles. The number of hydrogen-bond donors (Lipinski definition) is 1. The molecule has 9 heteroatoms. The fraction of sp³-hybridized carbons (Fsp3) is 0.389. The van der Waals surface area contributed by atoms with Crippen molar-refractivity contribution in [3.05, 3.63) is 35.8 Å². The summed E-state index contributed by atoms with van der Waals surface area (Å²) in [5.41, 5.74) is 1.66. The highest BCUT2D eigenvalue weighted by molar-refractivity contribution is 5.96. The maximum Gasteiger partial charge on any atom is 0.340 e. The second-order valence-corrected chi connectivity index (χ2v) is 6.71. The Morgan fingerprint density at radius 2 is 2.00 bits per heavy atom. The van der Waals surface area contributed by atoms with Gasteiger partial charge in [-0.25, -0.2) is 14.5 Å². The first kappa shape index (κ1) is 18.6. The van der Waals surface area contributed by atoms with Crippen molar-refractivity contribution in [3.8, 4) is 0 Å². The van der Waals surface area contributed by atoms with Crippen molar-refractivity contribution in [2.75, 3.05) is 11.9 Å². The second-order valence-electron chi connectivity index (χ2n) is 6.71. The molecule has 3 heterocycles. The number of nitrogens with one attached hydrogen (secondary N) is 1. The minimum Gasteiger partial charge on any atom is -0.452 e. The van der Waals surface area contributed by atoms with Gasteiger partial charge in [0.15, 0.2) is 12.3 Å². The Kier molecular flexibility index (Phi) is 5.20. The molecule has 0 aliphatic carbocycles. The number of carbonyl (C=O) groups is 2. The van der Waals surface area contributed by atoms with Crippen LogP contribution in [0.25, 0.3) is 11.0 Å². The van der Waals surface area contributed by atoms with Crippen LogP contribution in [-0.2, 0) is 9.53 Å². The zero-order valence-corrected chi connectivity index (χ0v) is 15.6. The number of rotatable bonds is 6. The summed E-state index contributed by atoms with van der Waals surface area (Å²) in [6.07, 6.45) is 3.05. The van der Waals surface area contributed by atoms with Gasteiger partial charge >= 0.3 is 5.97 Å². The van der Waals surface area contributed by atoms with Crippen LogP contribution in [-0.4, -0.2) is 38.4 Å². The van der Waals surface area contributed by atoms with Crippen LogP contribution in [0.3, 0.4) is 0 Å². The van der Waals surface area contributed by atoms with Gasteiger partial charge < -0.3 is 9.26 Å². The molecule has 1 N–H and O–H groups in total. The molecular weight excluding hydrogens is 350 g/mol. The number of hydrogen-bond acceptors (Lipinski definition) is 7. The highest BCUT2D eigenvalue weighted by Crippen LogP contribution is 2.18. The summed E-state index contributed by atoms with van der Waals surface area (Å²) in [4.78, 5) is 28.4. The van der Waals surface area contributed by atoms with Crippen molar-refractivity contribution < 1.29 is 18.8 Å². The van der Waals surface area contributed by atoms with Gasteiger partial charge in [0, 0.05) is 23.7 Å². The van der Waals surface area contributed by atoms with Crippen molar-refractivity contribution >= 4 is 28.8 Å². The Morgan fingerprint density at radius 3 is 2.67 bits per heavy atom. The average molecular weight is 371 g/mol. The van der Waals surface area contributed by atoms with Crippen LogP contribution >= 0.6 is 0 Å². The molecule has 0 aliphatic rings. The molecule has 0 atom stereocenters. The predicted molar refractivity (Wildman–Crippen MR) is 97.4 cm³/mol. The number of carbonyl (C=O) groups excluding carboxylic acids is 2. The average Bonchev–Trinajstić information content (AvgIpc) is 3.25. The summed E-state index contributed by atoms with van der Waals surface area (Å²) in [5.74, 6) is -0.766. The Balaban J connectivity index is 1.59. The molecule has 1 amide bonds. The summed E-state index contributed by atoms with van der Waals surface area (Å²) in [7, 11) is 0. The summed E-state index contributed by atoms with van der Waals surface area (Å²) in [6.45, 7) is 7.46. The number of fused-ring (bicyclic) bond motifs is 1. The van der Waals surface area contributed by atoms with Crippen molar-refractivity contribution in [1.82, 2.24) is 19.9 Å². The molecule has 3 rings (SSSR count). The van der Waals surface area contributed by atoms with Gasteiger partial charge in [-0.2, -0.15) is 5.10 Å². The molecule has 0 saturated carbocycles. The number of amides is 1. The number of esters is 1. The Hall–Kier alpha value is -3.23. The van der Waals surface area contributed by atoms with Crippen LogP contribution in [0, 0.1) is 0 Å². The lowest BCUT2D eigenvalue weighted by molar-refractivity contribution is -0.119. The van der Waals surface area contributed by atoms with Gasteiger partial charge in [-0.1, -0.05) is 19.0 Å². The molecule has 3 aromatic rings. The number of ether oxygens (including phenoxy) is 1. The van der Waals surface area contributed by atoms with E-state index < -0.39 is 18.5 Å². The number of nitrogens with zero attached hydrogens (tertiary/aromatic N) is 4. The first-order chi connectivity index (χ1) is 12.8. The van der Waals surface area contributed by atoms with Crippen LogP contribution in [0.4, 0.5) is 5.88 Å². The van der Waals surface area contributed by atoms with Crippen LogP contribution < -0.4 is 5.32 Å². The lowest BCUT2D eigenvalue weighted by Gasteiger charge is -2.07. The van der Waals surface area contributed by atoms with Crippen LogP contribution in [0.5, 0.6) is 0 Å². The van der Waals surface area contributed by atoms with E-state index in [4.69, 9.17) is 9.26 Å². The van der Waals surface area contributed by atoms with Crippen LogP contribution in [0.2, 0.25) is 0 Å². The Bertz CT molecular complexity index is 973. The van der Waals surface area contributed by atoms with Gasteiger partial charge in [0.05, 0.1) is 17.5 Å². The fourth-order valence-electron chi connectivity index (χ4n) is 2.44. The molecule has 27 heavy (non-hydrogen) atoms. The number of anilines is 1. The fourth-order valence-corrected chi connectivity index (χ4v) is 2.44. The van der Waals surface area contributed by atoms with Crippen molar-refractivity contribution in [1.29, 1.82) is 0 Å². The summed E-state index contributed by atoms with van der Waals surface area (Å²) >= 11 is 0. The maximum absolute atomic E-state index is 12.2. The molecule has 0 aromatic carbocycles. The zero-order valence-electron chi connectivity index (χ0n) is 15.6. The van der Waals surface area contributed by atoms with Crippen LogP contribution in [0.1, 0.15) is 55.7 Å². The van der Waals surface area contributed by atoms with Gasteiger partial charge in [0.2, 0.25) is 5.88 Å². The van der Waals surface area contributed by atoms with Gasteiger partial charge in [0.25, 0.3) is 5.91 Å². The lowest BCUT2D eigenvalue weighted by atomic mass is 10.1. The predicted octanol–water partition coefficient (Wildman–Crippen LogP) is 2.92. The molecule has 0 bridgehead atoms. The van der Waals surface area contributed by atoms with Crippen molar-refractivity contribution in [2.24, 2.45) is 0 Å². The van der Waals surface area contributed by atoms with Gasteiger partial charge in [-0.3, -0.25) is 10.1 Å². The molecule has 3 aromatic heterocycles. The highest BCUT2D eigenvalue weighted by atomic mass is 16.5. The molecule has 9 nitrogen and oxygen atoms in total. The topological polar surface area (TPSA) is 112 Å². The van der Waals surface area contributed by atoms with E-state index in [1.54, 1.807) is 23.0 Å². The standard InChI is InChI=1S/C18H21N5O4/c1-10(2)14-6-16(27-22-14)21-15(24)9-26-18(25)13-5-12-8-20-23(11(3)4)17(12)19-7-13/h5-8,10-11H,9H2,1-4H3,(H,21,24). The highest BCUT2D eigenvalue weighted by Gasteiger charge is 2.15. The van der Waals surface area contributed by atoms with E-state index in [1.165, 1.54) is 6.20 Å². The molecule has 0 radical (unpaired) electrons. The molecule has 0 fully saturated rings. The maximum atomic E-state index is 12.2. The largest absolute Gasteiger partial charge is 0.452 e. The number of pyridine rings is 1. The monoisotopic (exact) mass is 371 g/mol. The zero-order chi connectivity index (χ0) is 19.6. The van der Waals surface area contributed by atoms with E-state index in [0.29, 0.717) is 5.65 Å². The van der Waals surface area contributed by atoms with Crippen molar-refractivity contribution in [2.45, 2.75) is 39.7 Å². The molecule has 0 unspecified atom stereocenters. The third-order valence-electron chi connectivity index (χ3n) is 3.88. The second kappa shape index (κ2) is 7.56. The van der Waals surface area contributed by atoms with E-state index in [1.807, 2.05) is 27.7 Å². The smallest absolute Gasteiger partial charge is 0.340 e. The minimum absolute atomic E-state index is 0.156. The Morgan fingerprint density at radius 1 is 1.22 bits per heavy atom. The van der Waals surface area contributed by atoms with E-state index in [-0.39, 0.29) is 23.4 Å². The SMILES string of the molecule is CC(C)c1cc(NC(=O)COC(=O)c2cnc3c(cnn3C(C)C)c2)on1. The summed E-state index contributed by atoms with van der Waals surface area (Å²) in [5, 5.41) is 11.3. The normalized spacial score (nSPS) is 11.3. The third-order valence-corrected chi connectivity index (χ3v) is 3.88. The summed E-state index contributed by atoms with van der Waals surface area (Å²) < 4.78 is 11.8. The molecular formula is C18H21N5O4. The lowest BCUT2D eigenvalue weighted by Crippen LogP contribution is -2.20. The van der Waals surface area contributed by atoms with Crippen molar-refractivity contribution in [3.63, 3.8) is 0 Å². The van der Waals surface area contributed by atoms with Crippen LogP contribution in [0.15, 0.2) is 29.0 Å². The van der Waals surface area contributed by atoms with Gasteiger partial charge in [0.1, 0.15) is 0 Å². The van der Waals surface area contributed by atoms with E-state index in [0.717, 1.165) is 11.1 Å². The first-order valence-electron chi connectivity index (χ1n) is 8.62.